The zero-order chi connectivity index (χ0) is 18.6. The molecule has 0 saturated heterocycles. The number of anilines is 1. The number of nitrogens with zero attached hydrogens (tertiary/aromatic N) is 1. The molecule has 0 aromatic heterocycles. The number of hydrogen-bond donors (Lipinski definition) is 2. The summed E-state index contributed by atoms with van der Waals surface area (Å²) in [5.74, 6) is -0.347. The Hall–Kier alpha value is -2.44. The van der Waals surface area contributed by atoms with Crippen LogP contribution in [0.1, 0.15) is 29.7 Å². The maximum Gasteiger partial charge on any atom is 0.293 e. The molecule has 2 aromatic rings. The first-order valence-electron chi connectivity index (χ1n) is 7.82. The van der Waals surface area contributed by atoms with Gasteiger partial charge in [-0.05, 0) is 55.7 Å². The van der Waals surface area contributed by atoms with E-state index in [2.05, 4.69) is 10.6 Å². The number of halogens is 1. The molecular weight excluding hydrogens is 342 g/mol. The van der Waals surface area contributed by atoms with Gasteiger partial charge in [0, 0.05) is 17.1 Å². The second-order valence-electron chi connectivity index (χ2n) is 5.92. The normalized spacial score (nSPS) is 11.8. The number of aryl methyl sites for hydroxylation is 2. The summed E-state index contributed by atoms with van der Waals surface area (Å²) < 4.78 is 0. The van der Waals surface area contributed by atoms with E-state index in [0.717, 1.165) is 16.7 Å². The third kappa shape index (κ3) is 5.01. The van der Waals surface area contributed by atoms with Crippen LogP contribution in [0.2, 0.25) is 5.02 Å². The highest BCUT2D eigenvalue weighted by Crippen LogP contribution is 2.27. The molecule has 0 saturated carbocycles. The molecule has 6 nitrogen and oxygen atoms in total. The first kappa shape index (κ1) is 18.9. The highest BCUT2D eigenvalue weighted by molar-refractivity contribution is 6.30. The van der Waals surface area contributed by atoms with Gasteiger partial charge in [-0.15, -0.1) is 0 Å². The van der Waals surface area contributed by atoms with Crippen LogP contribution in [0.25, 0.3) is 0 Å². The van der Waals surface area contributed by atoms with Crippen LogP contribution in [0.4, 0.5) is 11.4 Å². The Morgan fingerprint density at radius 3 is 2.56 bits per heavy atom. The molecule has 2 rings (SSSR count). The fourth-order valence-corrected chi connectivity index (χ4v) is 2.58. The number of nitro benzene ring substituents is 1. The SMILES string of the molecule is Cc1cc(NC(=O)CN[C@@H](C)c2cccc(Cl)c2)c([N+](=O)[O-])cc1C. The van der Waals surface area contributed by atoms with Crippen LogP contribution in [-0.4, -0.2) is 17.4 Å². The van der Waals surface area contributed by atoms with Crippen LogP contribution in [0.3, 0.4) is 0 Å². The third-order valence-electron chi connectivity index (χ3n) is 4.00. The lowest BCUT2D eigenvalue weighted by Crippen LogP contribution is -2.30. The van der Waals surface area contributed by atoms with Gasteiger partial charge in [0.15, 0.2) is 0 Å². The van der Waals surface area contributed by atoms with Gasteiger partial charge < -0.3 is 10.6 Å². The second kappa shape index (κ2) is 8.09. The van der Waals surface area contributed by atoms with Crippen LogP contribution >= 0.6 is 11.6 Å². The fourth-order valence-electron chi connectivity index (χ4n) is 2.39. The number of amides is 1. The van der Waals surface area contributed by atoms with Crippen molar-refractivity contribution in [1.82, 2.24) is 5.32 Å². The zero-order valence-electron chi connectivity index (χ0n) is 14.3. The summed E-state index contributed by atoms with van der Waals surface area (Å²) in [6, 6.07) is 10.4. The Kier molecular flexibility index (Phi) is 6.12. The van der Waals surface area contributed by atoms with E-state index in [4.69, 9.17) is 11.6 Å². The average Bonchev–Trinajstić information content (AvgIpc) is 2.55. The molecule has 132 valence electrons. The molecule has 25 heavy (non-hydrogen) atoms. The summed E-state index contributed by atoms with van der Waals surface area (Å²) in [6.07, 6.45) is 0. The average molecular weight is 362 g/mol. The minimum absolute atomic E-state index is 0.0256. The van der Waals surface area contributed by atoms with Crippen molar-refractivity contribution in [2.75, 3.05) is 11.9 Å². The van der Waals surface area contributed by atoms with E-state index < -0.39 is 4.92 Å². The van der Waals surface area contributed by atoms with Gasteiger partial charge in [-0.2, -0.15) is 0 Å². The standard InChI is InChI=1S/C18H20ClN3O3/c1-11-7-16(17(22(24)25)8-12(11)2)21-18(23)10-20-13(3)14-5-4-6-15(19)9-14/h4-9,13,20H,10H2,1-3H3,(H,21,23)/t13-/m0/s1. The Morgan fingerprint density at radius 1 is 1.24 bits per heavy atom. The van der Waals surface area contributed by atoms with Crippen LogP contribution in [0.5, 0.6) is 0 Å². The number of nitrogens with one attached hydrogen (secondary N) is 2. The number of carbonyl (C=O) groups is 1. The summed E-state index contributed by atoms with van der Waals surface area (Å²) in [7, 11) is 0. The smallest absolute Gasteiger partial charge is 0.293 e. The highest BCUT2D eigenvalue weighted by atomic mass is 35.5. The van der Waals surface area contributed by atoms with Crippen molar-refractivity contribution in [3.63, 3.8) is 0 Å². The van der Waals surface area contributed by atoms with Crippen LogP contribution in [-0.2, 0) is 4.79 Å². The van der Waals surface area contributed by atoms with Crippen LogP contribution in [0.15, 0.2) is 36.4 Å². The lowest BCUT2D eigenvalue weighted by atomic mass is 10.1. The second-order valence-corrected chi connectivity index (χ2v) is 6.35. The quantitative estimate of drug-likeness (QED) is 0.597. The van der Waals surface area contributed by atoms with Crippen LogP contribution < -0.4 is 10.6 Å². The van der Waals surface area contributed by atoms with Gasteiger partial charge in [0.2, 0.25) is 5.91 Å². The van der Waals surface area contributed by atoms with Crippen molar-refractivity contribution >= 4 is 28.9 Å². The van der Waals surface area contributed by atoms with Crippen molar-refractivity contribution in [3.8, 4) is 0 Å². The third-order valence-corrected chi connectivity index (χ3v) is 4.24. The van der Waals surface area contributed by atoms with E-state index in [9.17, 15) is 14.9 Å². The van der Waals surface area contributed by atoms with Crippen molar-refractivity contribution in [3.05, 3.63) is 68.2 Å². The maximum absolute atomic E-state index is 12.2. The van der Waals surface area contributed by atoms with E-state index in [1.54, 1.807) is 19.1 Å². The molecule has 1 atom stereocenters. The Bertz CT molecular complexity index is 808. The van der Waals surface area contributed by atoms with Gasteiger partial charge in [-0.1, -0.05) is 23.7 Å². The van der Waals surface area contributed by atoms with Gasteiger partial charge in [-0.3, -0.25) is 14.9 Å². The first-order chi connectivity index (χ1) is 11.8. The molecule has 2 N–H and O–H groups in total. The van der Waals surface area contributed by atoms with Crippen molar-refractivity contribution < 1.29 is 9.72 Å². The lowest BCUT2D eigenvalue weighted by Gasteiger charge is -2.15. The predicted octanol–water partition coefficient (Wildman–Crippen LogP) is 4.15. The van der Waals surface area contributed by atoms with Crippen molar-refractivity contribution in [2.45, 2.75) is 26.8 Å². The Morgan fingerprint density at radius 2 is 1.92 bits per heavy atom. The molecule has 0 aliphatic rings. The van der Waals surface area contributed by atoms with E-state index in [1.165, 1.54) is 6.07 Å². The highest BCUT2D eigenvalue weighted by Gasteiger charge is 2.18. The molecule has 0 radical (unpaired) electrons. The molecule has 7 heteroatoms. The van der Waals surface area contributed by atoms with Gasteiger partial charge in [0.1, 0.15) is 5.69 Å². The molecule has 2 aromatic carbocycles. The minimum atomic E-state index is -0.496. The lowest BCUT2D eigenvalue weighted by molar-refractivity contribution is -0.384. The fraction of sp³-hybridized carbons (Fsp3) is 0.278. The number of carbonyl (C=O) groups excluding carboxylic acids is 1. The minimum Gasteiger partial charge on any atom is -0.319 e. The van der Waals surface area contributed by atoms with Gasteiger partial charge in [-0.25, -0.2) is 0 Å². The van der Waals surface area contributed by atoms with Gasteiger partial charge in [0.05, 0.1) is 11.5 Å². The van der Waals surface area contributed by atoms with E-state index in [-0.39, 0.29) is 29.9 Å². The summed E-state index contributed by atoms with van der Waals surface area (Å²) >= 11 is 5.96. The summed E-state index contributed by atoms with van der Waals surface area (Å²) in [4.78, 5) is 22.8. The Labute approximate surface area is 151 Å². The molecule has 0 bridgehead atoms. The number of rotatable bonds is 6. The number of hydrogen-bond acceptors (Lipinski definition) is 4. The van der Waals surface area contributed by atoms with Gasteiger partial charge in [0.25, 0.3) is 5.69 Å². The first-order valence-corrected chi connectivity index (χ1v) is 8.20. The summed E-state index contributed by atoms with van der Waals surface area (Å²) in [6.45, 7) is 5.57. The molecular formula is C18H20ClN3O3. The van der Waals surface area contributed by atoms with Crippen molar-refractivity contribution in [1.29, 1.82) is 0 Å². The largest absolute Gasteiger partial charge is 0.319 e. The number of nitro groups is 1. The van der Waals surface area contributed by atoms with E-state index >= 15 is 0 Å². The molecule has 0 aliphatic carbocycles. The number of benzene rings is 2. The maximum atomic E-state index is 12.2. The zero-order valence-corrected chi connectivity index (χ0v) is 15.1. The van der Waals surface area contributed by atoms with E-state index in [1.807, 2.05) is 32.0 Å². The molecule has 0 heterocycles. The molecule has 0 aliphatic heterocycles. The van der Waals surface area contributed by atoms with Gasteiger partial charge >= 0.3 is 0 Å². The molecule has 0 fully saturated rings. The molecule has 1 amide bonds. The topological polar surface area (TPSA) is 84.3 Å². The Balaban J connectivity index is 2.03. The molecule has 0 spiro atoms. The van der Waals surface area contributed by atoms with Crippen molar-refractivity contribution in [2.24, 2.45) is 0 Å². The van der Waals surface area contributed by atoms with Crippen LogP contribution in [0, 0.1) is 24.0 Å². The monoisotopic (exact) mass is 361 g/mol. The molecule has 0 unspecified atom stereocenters. The summed E-state index contributed by atoms with van der Waals surface area (Å²) in [5, 5.41) is 17.5. The summed E-state index contributed by atoms with van der Waals surface area (Å²) in [5.41, 5.74) is 2.73. The predicted molar refractivity (Wildman–Crippen MR) is 99.1 cm³/mol. The van der Waals surface area contributed by atoms with E-state index in [0.29, 0.717) is 5.02 Å².